The molecule has 20 heavy (non-hydrogen) atoms. The van der Waals surface area contributed by atoms with Crippen LogP contribution in [-0.2, 0) is 6.54 Å². The molecule has 108 valence electrons. The minimum Gasteiger partial charge on any atom is -0.382 e. The Labute approximate surface area is 113 Å². The Kier molecular flexibility index (Phi) is 4.41. The molecule has 1 aromatic carbocycles. The number of nitrogens with one attached hydrogen (secondary N) is 1. The van der Waals surface area contributed by atoms with Crippen molar-refractivity contribution in [3.8, 4) is 5.69 Å². The Balaban J connectivity index is 1.88. The number of nitrogens with zero attached hydrogens (tertiary/aromatic N) is 2. The molecule has 2 aromatic rings. The van der Waals surface area contributed by atoms with Crippen LogP contribution >= 0.6 is 0 Å². The zero-order valence-electron chi connectivity index (χ0n) is 10.5. The predicted molar refractivity (Wildman–Crippen MR) is 67.3 cm³/mol. The first-order chi connectivity index (χ1) is 9.47. The molecule has 1 aromatic heterocycles. The number of aromatic nitrogens is 2. The smallest absolute Gasteiger partial charge is 0.382 e. The highest BCUT2D eigenvalue weighted by Gasteiger charge is 2.37. The molecule has 7 heteroatoms. The lowest BCUT2D eigenvalue weighted by molar-refractivity contribution is -0.201. The van der Waals surface area contributed by atoms with Crippen molar-refractivity contribution in [1.82, 2.24) is 15.1 Å². The molecule has 0 aliphatic rings. The largest absolute Gasteiger partial charge is 0.415 e. The van der Waals surface area contributed by atoms with Crippen molar-refractivity contribution >= 4 is 0 Å². The molecule has 1 unspecified atom stereocenters. The molecule has 0 radical (unpaired) electrons. The maximum atomic E-state index is 12.1. The second-order valence-corrected chi connectivity index (χ2v) is 4.28. The van der Waals surface area contributed by atoms with Gasteiger partial charge in [-0.2, -0.15) is 18.3 Å². The summed E-state index contributed by atoms with van der Waals surface area (Å²) in [6.07, 6.45) is -5.23. The molecule has 1 heterocycles. The zero-order chi connectivity index (χ0) is 14.6. The summed E-state index contributed by atoms with van der Waals surface area (Å²) < 4.78 is 37.9. The molecule has 2 rings (SSSR count). The number of hydrogen-bond acceptors (Lipinski definition) is 3. The van der Waals surface area contributed by atoms with Crippen LogP contribution in [0.15, 0.2) is 42.6 Å². The normalized spacial score (nSPS) is 13.4. The molecule has 0 saturated carbocycles. The van der Waals surface area contributed by atoms with E-state index in [1.807, 2.05) is 30.3 Å². The molecule has 0 amide bonds. The Morgan fingerprint density at radius 1 is 1.20 bits per heavy atom. The van der Waals surface area contributed by atoms with Crippen molar-refractivity contribution in [3.05, 3.63) is 48.3 Å². The van der Waals surface area contributed by atoms with E-state index in [0.717, 1.165) is 5.69 Å². The van der Waals surface area contributed by atoms with E-state index in [2.05, 4.69) is 10.4 Å². The van der Waals surface area contributed by atoms with E-state index in [9.17, 15) is 13.2 Å². The highest BCUT2D eigenvalue weighted by Crippen LogP contribution is 2.19. The molecule has 4 nitrogen and oxygen atoms in total. The van der Waals surface area contributed by atoms with Gasteiger partial charge in [-0.1, -0.05) is 18.2 Å². The van der Waals surface area contributed by atoms with Crippen LogP contribution in [0.3, 0.4) is 0 Å². The van der Waals surface area contributed by atoms with E-state index in [4.69, 9.17) is 5.11 Å². The van der Waals surface area contributed by atoms with Crippen molar-refractivity contribution in [2.24, 2.45) is 0 Å². The third-order valence-corrected chi connectivity index (χ3v) is 2.69. The summed E-state index contributed by atoms with van der Waals surface area (Å²) in [6.45, 7) is -0.394. The second kappa shape index (κ2) is 6.06. The summed E-state index contributed by atoms with van der Waals surface area (Å²) in [5.41, 5.74) is 1.47. The van der Waals surface area contributed by atoms with Gasteiger partial charge in [-0.25, -0.2) is 4.68 Å². The fraction of sp³-hybridized carbons (Fsp3) is 0.308. The van der Waals surface area contributed by atoms with E-state index in [0.29, 0.717) is 5.69 Å². The summed E-state index contributed by atoms with van der Waals surface area (Å²) in [6, 6.07) is 11.1. The third kappa shape index (κ3) is 3.82. The topological polar surface area (TPSA) is 50.1 Å². The van der Waals surface area contributed by atoms with E-state index < -0.39 is 18.8 Å². The molecule has 1 atom stereocenters. The van der Waals surface area contributed by atoms with Crippen LogP contribution in [0.2, 0.25) is 0 Å². The zero-order valence-corrected chi connectivity index (χ0v) is 10.5. The minimum absolute atomic E-state index is 0.160. The van der Waals surface area contributed by atoms with E-state index in [1.165, 1.54) is 0 Å². The van der Waals surface area contributed by atoms with Crippen LogP contribution in [0.4, 0.5) is 13.2 Å². The van der Waals surface area contributed by atoms with Crippen LogP contribution < -0.4 is 5.32 Å². The van der Waals surface area contributed by atoms with E-state index in [1.54, 1.807) is 16.9 Å². The van der Waals surface area contributed by atoms with Crippen LogP contribution in [0.5, 0.6) is 0 Å². The summed E-state index contributed by atoms with van der Waals surface area (Å²) in [7, 11) is 0. The van der Waals surface area contributed by atoms with Gasteiger partial charge in [0.15, 0.2) is 6.10 Å². The molecule has 0 bridgehead atoms. The number of hydrogen-bond donors (Lipinski definition) is 2. The molecular weight excluding hydrogens is 271 g/mol. The molecule has 0 saturated heterocycles. The maximum absolute atomic E-state index is 12.1. The standard InChI is InChI=1S/C13H14F3N3O/c14-13(15,16)12(20)9-17-8-10-6-7-19(18-10)11-4-2-1-3-5-11/h1-7,12,17,20H,8-9H2. The van der Waals surface area contributed by atoms with Gasteiger partial charge < -0.3 is 10.4 Å². The van der Waals surface area contributed by atoms with Crippen LogP contribution in [0.25, 0.3) is 5.69 Å². The monoisotopic (exact) mass is 285 g/mol. The number of aliphatic hydroxyl groups excluding tert-OH is 1. The first-order valence-electron chi connectivity index (χ1n) is 6.02. The van der Waals surface area contributed by atoms with E-state index >= 15 is 0 Å². The Morgan fingerprint density at radius 2 is 1.90 bits per heavy atom. The predicted octanol–water partition coefficient (Wildman–Crippen LogP) is 1.89. The first kappa shape index (κ1) is 14.5. The second-order valence-electron chi connectivity index (χ2n) is 4.28. The molecule has 0 aliphatic carbocycles. The van der Waals surface area contributed by atoms with E-state index in [-0.39, 0.29) is 6.54 Å². The van der Waals surface area contributed by atoms with Crippen LogP contribution in [0.1, 0.15) is 5.69 Å². The van der Waals surface area contributed by atoms with Gasteiger partial charge in [0, 0.05) is 19.3 Å². The van der Waals surface area contributed by atoms with Crippen molar-refractivity contribution in [2.45, 2.75) is 18.8 Å². The lowest BCUT2D eigenvalue weighted by atomic mass is 10.3. The molecule has 0 aliphatic heterocycles. The highest BCUT2D eigenvalue weighted by molar-refractivity contribution is 5.30. The van der Waals surface area contributed by atoms with Crippen LogP contribution in [-0.4, -0.2) is 33.7 Å². The van der Waals surface area contributed by atoms with Crippen molar-refractivity contribution in [1.29, 1.82) is 0 Å². The van der Waals surface area contributed by atoms with Gasteiger partial charge >= 0.3 is 6.18 Å². The van der Waals surface area contributed by atoms with Gasteiger partial charge in [0.1, 0.15) is 0 Å². The number of halogens is 3. The number of rotatable bonds is 5. The molecular formula is C13H14F3N3O. The average Bonchev–Trinajstić information content (AvgIpc) is 2.87. The average molecular weight is 285 g/mol. The van der Waals surface area contributed by atoms with Crippen molar-refractivity contribution in [3.63, 3.8) is 0 Å². The number of alkyl halides is 3. The SMILES string of the molecule is OC(CNCc1ccn(-c2ccccc2)n1)C(F)(F)F. The lowest BCUT2D eigenvalue weighted by Gasteiger charge is -2.14. The number of benzene rings is 1. The molecule has 0 spiro atoms. The van der Waals surface area contributed by atoms with Gasteiger partial charge in [0.25, 0.3) is 0 Å². The summed E-state index contributed by atoms with van der Waals surface area (Å²) in [5.74, 6) is 0. The fourth-order valence-corrected chi connectivity index (χ4v) is 1.63. The molecule has 0 fully saturated rings. The van der Waals surface area contributed by atoms with Gasteiger partial charge in [0.2, 0.25) is 0 Å². The number of aliphatic hydroxyl groups is 1. The van der Waals surface area contributed by atoms with Gasteiger partial charge in [-0.3, -0.25) is 0 Å². The maximum Gasteiger partial charge on any atom is 0.415 e. The third-order valence-electron chi connectivity index (χ3n) is 2.69. The fourth-order valence-electron chi connectivity index (χ4n) is 1.63. The Hall–Kier alpha value is -1.86. The quantitative estimate of drug-likeness (QED) is 0.882. The highest BCUT2D eigenvalue weighted by atomic mass is 19.4. The summed E-state index contributed by atoms with van der Waals surface area (Å²) in [4.78, 5) is 0. The minimum atomic E-state index is -4.60. The molecule has 2 N–H and O–H groups in total. The van der Waals surface area contributed by atoms with Crippen LogP contribution in [0, 0.1) is 0 Å². The van der Waals surface area contributed by atoms with Crippen molar-refractivity contribution < 1.29 is 18.3 Å². The van der Waals surface area contributed by atoms with Crippen molar-refractivity contribution in [2.75, 3.05) is 6.54 Å². The summed E-state index contributed by atoms with van der Waals surface area (Å²) in [5, 5.41) is 15.6. The van der Waals surface area contributed by atoms with Gasteiger partial charge in [-0.15, -0.1) is 0 Å². The first-order valence-corrected chi connectivity index (χ1v) is 6.02. The Morgan fingerprint density at radius 3 is 2.55 bits per heavy atom. The van der Waals surface area contributed by atoms with Gasteiger partial charge in [-0.05, 0) is 18.2 Å². The number of para-hydroxylation sites is 1. The summed E-state index contributed by atoms with van der Waals surface area (Å²) >= 11 is 0. The lowest BCUT2D eigenvalue weighted by Crippen LogP contribution is -2.38. The Bertz CT molecular complexity index is 539. The van der Waals surface area contributed by atoms with Gasteiger partial charge in [0.05, 0.1) is 11.4 Å².